The molecule has 0 aliphatic carbocycles. The van der Waals surface area contributed by atoms with Crippen LogP contribution < -0.4 is 5.32 Å². The van der Waals surface area contributed by atoms with Gasteiger partial charge in [0.05, 0.1) is 0 Å². The molecule has 3 aromatic rings. The highest BCUT2D eigenvalue weighted by Gasteiger charge is 2.11. The lowest BCUT2D eigenvalue weighted by Crippen LogP contribution is -2.19. The summed E-state index contributed by atoms with van der Waals surface area (Å²) in [5.74, 6) is 0.619. The second kappa shape index (κ2) is 6.67. The quantitative estimate of drug-likeness (QED) is 0.783. The topological polar surface area (TPSA) is 46.9 Å². The van der Waals surface area contributed by atoms with Crippen molar-refractivity contribution in [3.63, 3.8) is 0 Å². The highest BCUT2D eigenvalue weighted by Crippen LogP contribution is 2.21. The Labute approximate surface area is 139 Å². The third-order valence-electron chi connectivity index (χ3n) is 3.53. The number of anilines is 1. The molecule has 2 aromatic carbocycles. The van der Waals surface area contributed by atoms with Crippen LogP contribution in [0.4, 0.5) is 5.69 Å². The van der Waals surface area contributed by atoms with Crippen molar-refractivity contribution in [2.45, 2.75) is 13.5 Å². The van der Waals surface area contributed by atoms with Crippen molar-refractivity contribution in [2.24, 2.45) is 0 Å². The molecule has 23 heavy (non-hydrogen) atoms. The number of nitrogens with zero attached hydrogens (tertiary/aromatic N) is 2. The van der Waals surface area contributed by atoms with Gasteiger partial charge in [-0.05, 0) is 30.7 Å². The Morgan fingerprint density at radius 3 is 2.83 bits per heavy atom. The minimum atomic E-state index is -0.0967. The number of aromatic nitrogens is 2. The van der Waals surface area contributed by atoms with Crippen LogP contribution in [0.3, 0.4) is 0 Å². The van der Waals surface area contributed by atoms with E-state index in [1.54, 1.807) is 17.0 Å². The van der Waals surface area contributed by atoms with Crippen LogP contribution in [0.15, 0.2) is 60.9 Å². The van der Waals surface area contributed by atoms with Crippen LogP contribution in [-0.4, -0.2) is 15.5 Å². The van der Waals surface area contributed by atoms with Crippen LogP contribution >= 0.6 is 11.6 Å². The maximum Gasteiger partial charge on any atom is 0.244 e. The second-order valence-corrected chi connectivity index (χ2v) is 5.69. The van der Waals surface area contributed by atoms with Gasteiger partial charge < -0.3 is 9.88 Å². The van der Waals surface area contributed by atoms with Gasteiger partial charge in [-0.15, -0.1) is 0 Å². The molecular formula is C18H16ClN3O. The van der Waals surface area contributed by atoms with Crippen LogP contribution in [0.5, 0.6) is 0 Å². The third kappa shape index (κ3) is 3.60. The number of aryl methyl sites for hydroxylation is 1. The van der Waals surface area contributed by atoms with E-state index in [1.165, 1.54) is 0 Å². The predicted octanol–water partition coefficient (Wildman–Crippen LogP) is 4.15. The molecule has 0 saturated carbocycles. The largest absolute Gasteiger partial charge is 0.324 e. The summed E-state index contributed by atoms with van der Waals surface area (Å²) in [6.07, 6.45) is 3.46. The molecule has 0 spiro atoms. The summed E-state index contributed by atoms with van der Waals surface area (Å²) in [7, 11) is 0. The van der Waals surface area contributed by atoms with Gasteiger partial charge in [-0.25, -0.2) is 4.98 Å². The van der Waals surface area contributed by atoms with E-state index < -0.39 is 0 Å². The number of hydrogen-bond donors (Lipinski definition) is 1. The summed E-state index contributed by atoms with van der Waals surface area (Å²) in [5, 5.41) is 3.57. The highest BCUT2D eigenvalue weighted by atomic mass is 35.5. The summed E-state index contributed by atoms with van der Waals surface area (Å²) in [4.78, 5) is 16.6. The molecule has 1 amide bonds. The van der Waals surface area contributed by atoms with Crippen LogP contribution in [0.1, 0.15) is 5.56 Å². The van der Waals surface area contributed by atoms with Gasteiger partial charge in [0.15, 0.2) is 0 Å². The number of para-hydroxylation sites is 1. The van der Waals surface area contributed by atoms with Gasteiger partial charge in [-0.1, -0.05) is 41.9 Å². The molecule has 0 atom stereocenters. The molecule has 0 radical (unpaired) electrons. The lowest BCUT2D eigenvalue weighted by Gasteiger charge is -2.10. The monoisotopic (exact) mass is 325 g/mol. The van der Waals surface area contributed by atoms with Gasteiger partial charge in [-0.3, -0.25) is 4.79 Å². The number of rotatable bonds is 4. The van der Waals surface area contributed by atoms with Gasteiger partial charge in [0, 0.05) is 28.7 Å². The molecule has 5 heteroatoms. The average molecular weight is 326 g/mol. The minimum absolute atomic E-state index is 0.0967. The zero-order valence-electron chi connectivity index (χ0n) is 12.7. The van der Waals surface area contributed by atoms with Gasteiger partial charge in [0.1, 0.15) is 12.4 Å². The van der Waals surface area contributed by atoms with Crippen LogP contribution in [0.25, 0.3) is 11.4 Å². The van der Waals surface area contributed by atoms with E-state index in [1.807, 2.05) is 55.5 Å². The van der Waals surface area contributed by atoms with E-state index in [2.05, 4.69) is 10.3 Å². The van der Waals surface area contributed by atoms with Crippen molar-refractivity contribution >= 4 is 23.2 Å². The summed E-state index contributed by atoms with van der Waals surface area (Å²) in [6, 6.07) is 15.1. The highest BCUT2D eigenvalue weighted by molar-refractivity contribution is 6.30. The first-order chi connectivity index (χ1) is 11.1. The van der Waals surface area contributed by atoms with E-state index in [0.717, 1.165) is 16.8 Å². The molecule has 0 saturated heterocycles. The molecule has 0 aliphatic rings. The number of benzene rings is 2. The fourth-order valence-corrected chi connectivity index (χ4v) is 2.57. The fraction of sp³-hybridized carbons (Fsp3) is 0.111. The first-order valence-corrected chi connectivity index (χ1v) is 7.64. The van der Waals surface area contributed by atoms with Crippen LogP contribution in [0, 0.1) is 6.92 Å². The first kappa shape index (κ1) is 15.3. The Morgan fingerprint density at radius 2 is 2.04 bits per heavy atom. The van der Waals surface area contributed by atoms with Gasteiger partial charge in [-0.2, -0.15) is 0 Å². The lowest BCUT2D eigenvalue weighted by atomic mass is 10.2. The zero-order valence-corrected chi connectivity index (χ0v) is 13.4. The zero-order chi connectivity index (χ0) is 16.2. The maximum atomic E-state index is 12.3. The van der Waals surface area contributed by atoms with Gasteiger partial charge >= 0.3 is 0 Å². The molecule has 1 N–H and O–H groups in total. The van der Waals surface area contributed by atoms with Crippen molar-refractivity contribution in [1.29, 1.82) is 0 Å². The van der Waals surface area contributed by atoms with Crippen molar-refractivity contribution in [2.75, 3.05) is 5.32 Å². The summed E-state index contributed by atoms with van der Waals surface area (Å²) < 4.78 is 1.80. The van der Waals surface area contributed by atoms with Crippen LogP contribution in [0.2, 0.25) is 5.02 Å². The third-order valence-corrected chi connectivity index (χ3v) is 3.77. The molecule has 116 valence electrons. The minimum Gasteiger partial charge on any atom is -0.324 e. The number of amides is 1. The van der Waals surface area contributed by atoms with Gasteiger partial charge in [0.25, 0.3) is 0 Å². The SMILES string of the molecule is Cc1ccccc1NC(=O)Cn1ccnc1-c1cccc(Cl)c1. The average Bonchev–Trinajstić information content (AvgIpc) is 2.97. The Bertz CT molecular complexity index is 842. The van der Waals surface area contributed by atoms with E-state index >= 15 is 0 Å². The smallest absolute Gasteiger partial charge is 0.244 e. The maximum absolute atomic E-state index is 12.3. The Kier molecular flexibility index (Phi) is 4.44. The van der Waals surface area contributed by atoms with Gasteiger partial charge in [0.2, 0.25) is 5.91 Å². The molecule has 0 fully saturated rings. The normalized spacial score (nSPS) is 10.5. The van der Waals surface area contributed by atoms with Crippen molar-refractivity contribution in [3.8, 4) is 11.4 Å². The number of carbonyl (C=O) groups excluding carboxylic acids is 1. The van der Waals surface area contributed by atoms with Crippen molar-refractivity contribution in [1.82, 2.24) is 9.55 Å². The number of hydrogen-bond acceptors (Lipinski definition) is 2. The lowest BCUT2D eigenvalue weighted by molar-refractivity contribution is -0.116. The van der Waals surface area contributed by atoms with Crippen molar-refractivity contribution in [3.05, 3.63) is 71.5 Å². The van der Waals surface area contributed by atoms with Crippen LogP contribution in [-0.2, 0) is 11.3 Å². The first-order valence-electron chi connectivity index (χ1n) is 7.26. The Hall–Kier alpha value is -2.59. The molecule has 1 heterocycles. The molecule has 1 aromatic heterocycles. The fourth-order valence-electron chi connectivity index (χ4n) is 2.38. The molecular weight excluding hydrogens is 310 g/mol. The Balaban J connectivity index is 1.78. The molecule has 0 aliphatic heterocycles. The second-order valence-electron chi connectivity index (χ2n) is 5.25. The molecule has 3 rings (SSSR count). The summed E-state index contributed by atoms with van der Waals surface area (Å²) in [6.45, 7) is 2.15. The molecule has 0 bridgehead atoms. The van der Waals surface area contributed by atoms with Crippen molar-refractivity contribution < 1.29 is 4.79 Å². The number of nitrogens with one attached hydrogen (secondary N) is 1. The summed E-state index contributed by atoms with van der Waals surface area (Å²) in [5.41, 5.74) is 2.73. The Morgan fingerprint density at radius 1 is 1.22 bits per heavy atom. The van der Waals surface area contributed by atoms with E-state index in [9.17, 15) is 4.79 Å². The van der Waals surface area contributed by atoms with E-state index in [4.69, 9.17) is 11.6 Å². The molecule has 0 unspecified atom stereocenters. The van der Waals surface area contributed by atoms with E-state index in [0.29, 0.717) is 10.8 Å². The molecule has 4 nitrogen and oxygen atoms in total. The number of halogens is 1. The number of carbonyl (C=O) groups is 1. The summed E-state index contributed by atoms with van der Waals surface area (Å²) >= 11 is 6.03. The van der Waals surface area contributed by atoms with E-state index in [-0.39, 0.29) is 12.5 Å². The predicted molar refractivity (Wildman–Crippen MR) is 92.5 cm³/mol. The standard InChI is InChI=1S/C18H16ClN3O/c1-13-5-2-3-8-16(13)21-17(23)12-22-10-9-20-18(22)14-6-4-7-15(19)11-14/h2-11H,12H2,1H3,(H,21,23). The number of imidazole rings is 1.